The van der Waals surface area contributed by atoms with Crippen LogP contribution in [0.25, 0.3) is 0 Å². The van der Waals surface area contributed by atoms with Crippen molar-refractivity contribution in [2.75, 3.05) is 11.9 Å². The zero-order chi connectivity index (χ0) is 18.5. The van der Waals surface area contributed by atoms with Gasteiger partial charge in [-0.1, -0.05) is 30.3 Å². The van der Waals surface area contributed by atoms with Crippen LogP contribution in [0.2, 0.25) is 0 Å². The summed E-state index contributed by atoms with van der Waals surface area (Å²) in [6, 6.07) is 15.7. The minimum Gasteiger partial charge on any atom is -0.481 e. The number of imide groups is 1. The molecular formula is C19H19N3O4. The summed E-state index contributed by atoms with van der Waals surface area (Å²) in [6.07, 6.45) is -0.674. The maximum Gasteiger partial charge on any atom is 0.324 e. The van der Waals surface area contributed by atoms with Crippen LogP contribution in [0.1, 0.15) is 12.5 Å². The van der Waals surface area contributed by atoms with Gasteiger partial charge in [0.1, 0.15) is 5.75 Å². The number of urea groups is 1. The summed E-state index contributed by atoms with van der Waals surface area (Å²) < 4.78 is 5.60. The van der Waals surface area contributed by atoms with Gasteiger partial charge in [-0.3, -0.25) is 14.5 Å². The van der Waals surface area contributed by atoms with Gasteiger partial charge < -0.3 is 15.4 Å². The first-order valence-corrected chi connectivity index (χ1v) is 8.22. The van der Waals surface area contributed by atoms with Crippen molar-refractivity contribution in [3.63, 3.8) is 0 Å². The number of nitrogens with one attached hydrogen (secondary N) is 2. The first-order valence-electron chi connectivity index (χ1n) is 8.22. The number of amides is 4. The van der Waals surface area contributed by atoms with E-state index in [2.05, 4.69) is 10.6 Å². The number of nitrogens with zero attached hydrogens (tertiary/aromatic N) is 1. The molecule has 7 nitrogen and oxygen atoms in total. The molecule has 4 amide bonds. The van der Waals surface area contributed by atoms with Crippen LogP contribution < -0.4 is 15.4 Å². The van der Waals surface area contributed by atoms with Gasteiger partial charge in [-0.05, 0) is 36.8 Å². The van der Waals surface area contributed by atoms with E-state index in [0.717, 1.165) is 10.5 Å². The molecule has 1 aliphatic rings. The molecular weight excluding hydrogens is 334 g/mol. The Morgan fingerprint density at radius 2 is 1.96 bits per heavy atom. The Labute approximate surface area is 150 Å². The van der Waals surface area contributed by atoms with E-state index in [-0.39, 0.29) is 24.9 Å². The molecule has 3 rings (SSSR count). The predicted octanol–water partition coefficient (Wildman–Crippen LogP) is 2.14. The SMILES string of the molecule is CC(Oc1ccccc1)C(=O)Nc1cccc(CN2C(=O)CNC2=O)c1. The number of carbonyl (C=O) groups excluding carboxylic acids is 3. The fourth-order valence-corrected chi connectivity index (χ4v) is 2.55. The van der Waals surface area contributed by atoms with Crippen LogP contribution in [0, 0.1) is 0 Å². The maximum absolute atomic E-state index is 12.3. The van der Waals surface area contributed by atoms with Gasteiger partial charge in [0.25, 0.3) is 5.91 Å². The molecule has 2 aromatic rings. The summed E-state index contributed by atoms with van der Waals surface area (Å²) in [5, 5.41) is 5.26. The van der Waals surface area contributed by atoms with Crippen LogP contribution in [0.5, 0.6) is 5.75 Å². The van der Waals surface area contributed by atoms with E-state index < -0.39 is 12.1 Å². The zero-order valence-electron chi connectivity index (χ0n) is 14.3. The van der Waals surface area contributed by atoms with Crippen molar-refractivity contribution in [2.45, 2.75) is 19.6 Å². The third-order valence-electron chi connectivity index (χ3n) is 3.90. The Balaban J connectivity index is 1.62. The molecule has 1 fully saturated rings. The standard InChI is InChI=1S/C19H19N3O4/c1-13(26-16-8-3-2-4-9-16)18(24)21-15-7-5-6-14(10-15)12-22-17(23)11-20-19(22)25/h2-10,13H,11-12H2,1H3,(H,20,25)(H,21,24). The average Bonchev–Trinajstić information content (AvgIpc) is 2.95. The first-order chi connectivity index (χ1) is 12.5. The number of anilines is 1. The lowest BCUT2D eigenvalue weighted by Gasteiger charge is -2.16. The summed E-state index contributed by atoms with van der Waals surface area (Å²) in [7, 11) is 0. The Bertz CT molecular complexity index is 807. The third kappa shape index (κ3) is 4.18. The Kier molecular flexibility index (Phi) is 5.17. The number of benzene rings is 2. The van der Waals surface area contributed by atoms with Gasteiger partial charge in [0.05, 0.1) is 13.1 Å². The van der Waals surface area contributed by atoms with E-state index in [9.17, 15) is 14.4 Å². The molecule has 1 unspecified atom stereocenters. The van der Waals surface area contributed by atoms with Crippen molar-refractivity contribution in [2.24, 2.45) is 0 Å². The molecule has 0 aromatic heterocycles. The van der Waals surface area contributed by atoms with Gasteiger partial charge in [-0.25, -0.2) is 4.79 Å². The predicted molar refractivity (Wildman–Crippen MR) is 95.6 cm³/mol. The Morgan fingerprint density at radius 3 is 2.65 bits per heavy atom. The van der Waals surface area contributed by atoms with Crippen LogP contribution >= 0.6 is 0 Å². The average molecular weight is 353 g/mol. The highest BCUT2D eigenvalue weighted by molar-refractivity contribution is 6.01. The summed E-state index contributed by atoms with van der Waals surface area (Å²) >= 11 is 0. The molecule has 1 heterocycles. The van der Waals surface area contributed by atoms with E-state index in [1.54, 1.807) is 43.3 Å². The van der Waals surface area contributed by atoms with Crippen LogP contribution in [0.4, 0.5) is 10.5 Å². The van der Waals surface area contributed by atoms with Gasteiger partial charge in [-0.15, -0.1) is 0 Å². The van der Waals surface area contributed by atoms with E-state index in [1.165, 1.54) is 0 Å². The summed E-state index contributed by atoms with van der Waals surface area (Å²) in [4.78, 5) is 36.7. The highest BCUT2D eigenvalue weighted by Crippen LogP contribution is 2.16. The highest BCUT2D eigenvalue weighted by Gasteiger charge is 2.28. The van der Waals surface area contributed by atoms with Crippen molar-refractivity contribution < 1.29 is 19.1 Å². The van der Waals surface area contributed by atoms with Gasteiger partial charge in [0.15, 0.2) is 6.10 Å². The smallest absolute Gasteiger partial charge is 0.324 e. The number of carbonyl (C=O) groups is 3. The topological polar surface area (TPSA) is 87.7 Å². The van der Waals surface area contributed by atoms with Crippen LogP contribution in [-0.2, 0) is 16.1 Å². The zero-order valence-corrected chi connectivity index (χ0v) is 14.3. The van der Waals surface area contributed by atoms with Crippen molar-refractivity contribution in [1.29, 1.82) is 0 Å². The molecule has 0 aliphatic carbocycles. The number of hydrogen-bond donors (Lipinski definition) is 2. The lowest BCUT2D eigenvalue weighted by atomic mass is 10.2. The second kappa shape index (κ2) is 7.69. The normalized spacial score (nSPS) is 14.7. The molecule has 0 bridgehead atoms. The molecule has 26 heavy (non-hydrogen) atoms. The monoisotopic (exact) mass is 353 g/mol. The summed E-state index contributed by atoms with van der Waals surface area (Å²) in [6.45, 7) is 1.84. The van der Waals surface area contributed by atoms with E-state index in [1.807, 2.05) is 18.2 Å². The van der Waals surface area contributed by atoms with Gasteiger partial charge in [-0.2, -0.15) is 0 Å². The van der Waals surface area contributed by atoms with Crippen molar-refractivity contribution in [3.05, 3.63) is 60.2 Å². The second-order valence-corrected chi connectivity index (χ2v) is 5.90. The molecule has 1 atom stereocenters. The highest BCUT2D eigenvalue weighted by atomic mass is 16.5. The first kappa shape index (κ1) is 17.5. The van der Waals surface area contributed by atoms with E-state index in [4.69, 9.17) is 4.74 Å². The maximum atomic E-state index is 12.3. The van der Waals surface area contributed by atoms with Crippen LogP contribution in [-0.4, -0.2) is 35.4 Å². The van der Waals surface area contributed by atoms with E-state index in [0.29, 0.717) is 11.4 Å². The fourth-order valence-electron chi connectivity index (χ4n) is 2.55. The lowest BCUT2D eigenvalue weighted by molar-refractivity contribution is -0.125. The van der Waals surface area contributed by atoms with Crippen molar-refractivity contribution >= 4 is 23.5 Å². The minimum atomic E-state index is -0.674. The molecule has 0 saturated carbocycles. The van der Waals surface area contributed by atoms with Crippen molar-refractivity contribution in [3.8, 4) is 5.75 Å². The number of hydrogen-bond acceptors (Lipinski definition) is 4. The molecule has 2 N–H and O–H groups in total. The minimum absolute atomic E-state index is 0.0175. The van der Waals surface area contributed by atoms with Crippen LogP contribution in [0.15, 0.2) is 54.6 Å². The second-order valence-electron chi connectivity index (χ2n) is 5.90. The molecule has 2 aromatic carbocycles. The third-order valence-corrected chi connectivity index (χ3v) is 3.90. The molecule has 1 saturated heterocycles. The van der Waals surface area contributed by atoms with Crippen molar-refractivity contribution in [1.82, 2.24) is 10.2 Å². The van der Waals surface area contributed by atoms with Gasteiger partial charge in [0.2, 0.25) is 5.91 Å². The molecule has 0 spiro atoms. The molecule has 7 heteroatoms. The number of ether oxygens (including phenoxy) is 1. The quantitative estimate of drug-likeness (QED) is 0.779. The Morgan fingerprint density at radius 1 is 1.19 bits per heavy atom. The molecule has 134 valence electrons. The number of para-hydroxylation sites is 1. The molecule has 1 aliphatic heterocycles. The number of rotatable bonds is 6. The van der Waals surface area contributed by atoms with Crippen LogP contribution in [0.3, 0.4) is 0 Å². The van der Waals surface area contributed by atoms with Gasteiger partial charge >= 0.3 is 6.03 Å². The van der Waals surface area contributed by atoms with Gasteiger partial charge in [0, 0.05) is 5.69 Å². The fraction of sp³-hybridized carbons (Fsp3) is 0.211. The summed E-state index contributed by atoms with van der Waals surface area (Å²) in [5.41, 5.74) is 1.31. The molecule has 0 radical (unpaired) electrons. The van der Waals surface area contributed by atoms with E-state index >= 15 is 0 Å². The largest absolute Gasteiger partial charge is 0.481 e. The Hall–Kier alpha value is -3.35. The summed E-state index contributed by atoms with van der Waals surface area (Å²) in [5.74, 6) is 0.0535. The lowest BCUT2D eigenvalue weighted by Crippen LogP contribution is -2.31.